The van der Waals surface area contributed by atoms with E-state index in [1.54, 1.807) is 0 Å². The molecular weight excluding hydrogens is 397 g/mol. The van der Waals surface area contributed by atoms with Crippen molar-refractivity contribution in [3.05, 3.63) is 58.9 Å². The number of nitrogens with one attached hydrogen (secondary N) is 1. The zero-order valence-corrected chi connectivity index (χ0v) is 15.4. The Labute approximate surface area is 163 Å². The highest BCUT2D eigenvalue weighted by Crippen LogP contribution is 2.48. The second-order valence-electron chi connectivity index (χ2n) is 6.34. The Hall–Kier alpha value is -2.81. The van der Waals surface area contributed by atoms with Crippen LogP contribution in [0.1, 0.15) is 29.4 Å². The Morgan fingerprint density at radius 2 is 2.11 bits per heavy atom. The van der Waals surface area contributed by atoms with E-state index in [9.17, 15) is 18.0 Å². The molecule has 1 aromatic carbocycles. The van der Waals surface area contributed by atoms with Gasteiger partial charge in [0.05, 0.1) is 5.02 Å². The fraction of sp³-hybridized carbons (Fsp3) is 0.278. The maximum atomic E-state index is 14.0. The summed E-state index contributed by atoms with van der Waals surface area (Å²) in [5.41, 5.74) is 3.00. The summed E-state index contributed by atoms with van der Waals surface area (Å²) in [7, 11) is 0. The number of carbonyl (C=O) groups is 1. The molecule has 0 aliphatic carbocycles. The summed E-state index contributed by atoms with van der Waals surface area (Å²) in [6.07, 6.45) is -4.63. The molecule has 0 spiro atoms. The van der Waals surface area contributed by atoms with Crippen LogP contribution >= 0.6 is 11.6 Å². The van der Waals surface area contributed by atoms with Crippen LogP contribution < -0.4 is 11.1 Å². The van der Waals surface area contributed by atoms with Gasteiger partial charge in [-0.2, -0.15) is 13.2 Å². The Morgan fingerprint density at radius 1 is 1.36 bits per heavy atom. The first-order valence-electron chi connectivity index (χ1n) is 8.23. The van der Waals surface area contributed by atoms with Crippen LogP contribution in [0.2, 0.25) is 5.02 Å². The first kappa shape index (κ1) is 19.9. The average molecular weight is 413 g/mol. The van der Waals surface area contributed by atoms with Gasteiger partial charge >= 0.3 is 6.18 Å². The molecule has 28 heavy (non-hydrogen) atoms. The van der Waals surface area contributed by atoms with Gasteiger partial charge in [-0.1, -0.05) is 23.7 Å². The van der Waals surface area contributed by atoms with E-state index in [4.69, 9.17) is 22.1 Å². The summed E-state index contributed by atoms with van der Waals surface area (Å²) in [6, 6.07) is 7.74. The summed E-state index contributed by atoms with van der Waals surface area (Å²) < 4.78 is 47.1. The van der Waals surface area contributed by atoms with Crippen LogP contribution in [0.5, 0.6) is 0 Å². The average Bonchev–Trinajstić information content (AvgIpc) is 2.60. The maximum Gasteiger partial charge on any atom is 0.418 e. The molecule has 148 valence electrons. The summed E-state index contributed by atoms with van der Waals surface area (Å²) in [6.45, 7) is 1.49. The van der Waals surface area contributed by atoms with Gasteiger partial charge in [0.15, 0.2) is 5.54 Å². The smallest absolute Gasteiger partial charge is 0.418 e. The normalized spacial score (nSPS) is 22.2. The molecule has 1 amide bonds. The second kappa shape index (κ2) is 7.31. The Morgan fingerprint density at radius 3 is 2.71 bits per heavy atom. The molecule has 2 heterocycles. The summed E-state index contributed by atoms with van der Waals surface area (Å²) >= 11 is 5.73. The molecule has 0 bridgehead atoms. The number of nitrogens with zero attached hydrogens (tertiary/aromatic N) is 2. The number of amides is 1. The molecule has 2 atom stereocenters. The third-order valence-electron chi connectivity index (χ3n) is 4.23. The molecule has 3 N–H and O–H groups in total. The lowest BCUT2D eigenvalue weighted by Crippen LogP contribution is -2.49. The van der Waals surface area contributed by atoms with Crippen LogP contribution in [-0.2, 0) is 10.3 Å². The molecule has 0 radical (unpaired) electrons. The number of aliphatic imine (C=N–C) groups is 1. The molecule has 0 saturated heterocycles. The number of anilines is 1. The topological polar surface area (TPSA) is 89.6 Å². The number of carbonyl (C=O) groups excluding carboxylic acids is 1. The Kier molecular flexibility index (Phi) is 5.20. The highest BCUT2D eigenvalue weighted by molar-refractivity contribution is 6.30. The van der Waals surface area contributed by atoms with Crippen LogP contribution in [0.25, 0.3) is 0 Å². The minimum atomic E-state index is -4.71. The van der Waals surface area contributed by atoms with Crippen molar-refractivity contribution in [1.82, 2.24) is 4.98 Å². The number of pyridine rings is 1. The van der Waals surface area contributed by atoms with Crippen molar-refractivity contribution in [3.63, 3.8) is 0 Å². The van der Waals surface area contributed by atoms with Crippen molar-refractivity contribution < 1.29 is 22.7 Å². The number of hydrogen-bond acceptors (Lipinski definition) is 5. The minimum Gasteiger partial charge on any atom is -0.462 e. The van der Waals surface area contributed by atoms with E-state index in [-0.39, 0.29) is 16.9 Å². The van der Waals surface area contributed by atoms with Gasteiger partial charge in [-0.3, -0.25) is 4.79 Å². The van der Waals surface area contributed by atoms with E-state index in [0.717, 1.165) is 0 Å². The van der Waals surface area contributed by atoms with Crippen molar-refractivity contribution in [2.45, 2.75) is 31.2 Å². The zero-order valence-electron chi connectivity index (χ0n) is 14.6. The number of benzene rings is 1. The lowest BCUT2D eigenvalue weighted by Gasteiger charge is -2.38. The van der Waals surface area contributed by atoms with Gasteiger partial charge < -0.3 is 15.8 Å². The number of rotatable bonds is 3. The van der Waals surface area contributed by atoms with Gasteiger partial charge in [0.25, 0.3) is 11.9 Å². The van der Waals surface area contributed by atoms with E-state index in [2.05, 4.69) is 15.3 Å². The summed E-state index contributed by atoms with van der Waals surface area (Å²) in [5, 5.41) is 2.88. The van der Waals surface area contributed by atoms with Gasteiger partial charge in [0, 0.05) is 18.3 Å². The number of amidine groups is 1. The van der Waals surface area contributed by atoms with E-state index < -0.39 is 36.2 Å². The third-order valence-corrected chi connectivity index (χ3v) is 4.46. The van der Waals surface area contributed by atoms with E-state index in [1.807, 2.05) is 0 Å². The van der Waals surface area contributed by atoms with Crippen molar-refractivity contribution in [1.29, 1.82) is 0 Å². The van der Waals surface area contributed by atoms with E-state index in [1.165, 1.54) is 49.5 Å². The molecule has 10 heteroatoms. The molecule has 1 aliphatic rings. The van der Waals surface area contributed by atoms with Gasteiger partial charge in [-0.15, -0.1) is 0 Å². The number of ether oxygens (including phenoxy) is 1. The van der Waals surface area contributed by atoms with E-state index >= 15 is 0 Å². The molecule has 0 saturated carbocycles. The van der Waals surface area contributed by atoms with Crippen LogP contribution in [0, 0.1) is 0 Å². The molecule has 1 aromatic heterocycles. The molecule has 6 nitrogen and oxygen atoms in total. The first-order chi connectivity index (χ1) is 13.1. The van der Waals surface area contributed by atoms with Gasteiger partial charge in [-0.25, -0.2) is 9.98 Å². The van der Waals surface area contributed by atoms with Gasteiger partial charge in [-0.05, 0) is 36.8 Å². The summed E-state index contributed by atoms with van der Waals surface area (Å²) in [5.74, 6) is -0.585. The van der Waals surface area contributed by atoms with Crippen molar-refractivity contribution in [2.24, 2.45) is 10.7 Å². The zero-order chi connectivity index (χ0) is 20.5. The van der Waals surface area contributed by atoms with E-state index in [0.29, 0.717) is 5.02 Å². The molecule has 0 unspecified atom stereocenters. The van der Waals surface area contributed by atoms with Gasteiger partial charge in [0.1, 0.15) is 11.8 Å². The maximum absolute atomic E-state index is 14.0. The first-order valence-corrected chi connectivity index (χ1v) is 8.61. The SMILES string of the molecule is C[C@@H]1C[C@@](c2cccc(NC(=O)c3ccc(Cl)cn3)c2)(C(F)(F)F)N=C(N)O1. The summed E-state index contributed by atoms with van der Waals surface area (Å²) in [4.78, 5) is 19.8. The highest BCUT2D eigenvalue weighted by atomic mass is 35.5. The molecule has 2 aromatic rings. The van der Waals surface area contributed by atoms with Crippen LogP contribution in [0.3, 0.4) is 0 Å². The molecule has 3 rings (SSSR count). The van der Waals surface area contributed by atoms with Crippen molar-refractivity contribution in [2.75, 3.05) is 5.32 Å². The predicted octanol–water partition coefficient (Wildman–Crippen LogP) is 3.87. The molecule has 0 fully saturated rings. The Bertz CT molecular complexity index is 918. The standard InChI is InChI=1S/C18H16ClF3N4O2/c1-10-8-17(18(20,21)22,26-16(23)28-10)11-3-2-4-13(7-11)25-15(27)14-6-5-12(19)9-24-14/h2-7,9-10H,8H2,1H3,(H2,23,26)(H,25,27)/t10-,17-/m1/s1. The Balaban J connectivity index is 1.96. The van der Waals surface area contributed by atoms with Crippen LogP contribution in [-0.4, -0.2) is 29.2 Å². The van der Waals surface area contributed by atoms with Crippen molar-refractivity contribution >= 4 is 29.2 Å². The van der Waals surface area contributed by atoms with Crippen LogP contribution in [0.15, 0.2) is 47.6 Å². The van der Waals surface area contributed by atoms with Gasteiger partial charge in [0.2, 0.25) is 0 Å². The monoisotopic (exact) mass is 412 g/mol. The number of aromatic nitrogens is 1. The molecular formula is C18H16ClF3N4O2. The second-order valence-corrected chi connectivity index (χ2v) is 6.77. The lowest BCUT2D eigenvalue weighted by atomic mass is 9.83. The minimum absolute atomic E-state index is 0.0716. The quantitative estimate of drug-likeness (QED) is 0.800. The van der Waals surface area contributed by atoms with Crippen LogP contribution in [0.4, 0.5) is 18.9 Å². The fourth-order valence-corrected chi connectivity index (χ4v) is 3.12. The third kappa shape index (κ3) is 3.89. The highest BCUT2D eigenvalue weighted by Gasteiger charge is 2.59. The van der Waals surface area contributed by atoms with Crippen molar-refractivity contribution in [3.8, 4) is 0 Å². The lowest BCUT2D eigenvalue weighted by molar-refractivity contribution is -0.199. The number of alkyl halides is 3. The number of nitrogens with two attached hydrogens (primary N) is 1. The number of halogens is 4. The largest absolute Gasteiger partial charge is 0.462 e. The predicted molar refractivity (Wildman–Crippen MR) is 98.2 cm³/mol. The number of hydrogen-bond donors (Lipinski definition) is 2. The fourth-order valence-electron chi connectivity index (χ4n) is 3.01. The molecule has 1 aliphatic heterocycles.